The number of ether oxygens (including phenoxy) is 2. The van der Waals surface area contributed by atoms with E-state index in [2.05, 4.69) is 26.0 Å². The van der Waals surface area contributed by atoms with Gasteiger partial charge in [0.15, 0.2) is 5.82 Å². The topological polar surface area (TPSA) is 85.5 Å². The predicted octanol–water partition coefficient (Wildman–Crippen LogP) is 2.47. The van der Waals surface area contributed by atoms with E-state index in [1.807, 2.05) is 32.2 Å². The van der Waals surface area contributed by atoms with Crippen molar-refractivity contribution in [1.82, 2.24) is 19.7 Å². The SMILES string of the molecule is Cc1nc(N2CCO[C@H](CO)C2)cc(-n2ncc3cc(C)c(C4CCOCC4F)cc32)n1. The molecule has 0 radical (unpaired) electrons. The van der Waals surface area contributed by atoms with E-state index in [4.69, 9.17) is 9.47 Å². The summed E-state index contributed by atoms with van der Waals surface area (Å²) in [5.41, 5.74) is 2.96. The quantitative estimate of drug-likeness (QED) is 0.666. The summed E-state index contributed by atoms with van der Waals surface area (Å²) >= 11 is 0. The number of aryl methyl sites for hydroxylation is 2. The van der Waals surface area contributed by atoms with E-state index < -0.39 is 6.17 Å². The molecule has 1 N–H and O–H groups in total. The highest BCUT2D eigenvalue weighted by molar-refractivity contribution is 5.82. The number of halogens is 1. The maximum absolute atomic E-state index is 14.6. The number of alkyl halides is 1. The molecular formula is C23H28FN5O3. The van der Waals surface area contributed by atoms with Crippen LogP contribution in [0.15, 0.2) is 24.4 Å². The number of anilines is 1. The zero-order chi connectivity index (χ0) is 22.2. The zero-order valence-corrected chi connectivity index (χ0v) is 18.4. The van der Waals surface area contributed by atoms with Gasteiger partial charge in [-0.1, -0.05) is 0 Å². The number of hydrogen-bond donors (Lipinski definition) is 1. The molecule has 2 aromatic heterocycles. The van der Waals surface area contributed by atoms with Gasteiger partial charge < -0.3 is 19.5 Å². The van der Waals surface area contributed by atoms with Crippen LogP contribution in [0.25, 0.3) is 16.7 Å². The molecule has 2 saturated heterocycles. The Labute approximate surface area is 186 Å². The molecule has 4 heterocycles. The van der Waals surface area contributed by atoms with Crippen molar-refractivity contribution in [1.29, 1.82) is 0 Å². The molecule has 9 heteroatoms. The number of aliphatic hydroxyl groups excluding tert-OH is 1. The molecule has 2 aliphatic rings. The Balaban J connectivity index is 1.54. The minimum Gasteiger partial charge on any atom is -0.394 e. The molecule has 1 aromatic carbocycles. The standard InChI is InChI=1S/C23H28FN5O3/c1-14-7-16-10-25-29(21(16)8-19(14)18-3-5-31-13-20(18)24)23-9-22(26-15(2)27-23)28-4-6-32-17(11-28)12-30/h7-10,17-18,20,30H,3-6,11-13H2,1-2H3/t17-,18?,20?/m0/s1. The van der Waals surface area contributed by atoms with Gasteiger partial charge in [-0.05, 0) is 43.5 Å². The molecule has 0 bridgehead atoms. The van der Waals surface area contributed by atoms with E-state index >= 15 is 0 Å². The molecule has 0 aliphatic carbocycles. The highest BCUT2D eigenvalue weighted by Gasteiger charge is 2.29. The minimum absolute atomic E-state index is 0.0267. The first-order chi connectivity index (χ1) is 15.5. The van der Waals surface area contributed by atoms with Gasteiger partial charge in [0.1, 0.15) is 17.8 Å². The summed E-state index contributed by atoms with van der Waals surface area (Å²) in [7, 11) is 0. The van der Waals surface area contributed by atoms with Gasteiger partial charge in [-0.2, -0.15) is 5.10 Å². The third-order valence-corrected chi connectivity index (χ3v) is 6.34. The molecule has 0 spiro atoms. The zero-order valence-electron chi connectivity index (χ0n) is 18.4. The number of aliphatic hydroxyl groups is 1. The van der Waals surface area contributed by atoms with E-state index in [1.165, 1.54) is 0 Å². The predicted molar refractivity (Wildman–Crippen MR) is 118 cm³/mol. The number of aromatic nitrogens is 4. The Bertz CT molecular complexity index is 1120. The lowest BCUT2D eigenvalue weighted by Gasteiger charge is -2.33. The number of rotatable bonds is 4. The van der Waals surface area contributed by atoms with Gasteiger partial charge in [0.2, 0.25) is 0 Å². The minimum atomic E-state index is -1.01. The summed E-state index contributed by atoms with van der Waals surface area (Å²) in [5, 5.41) is 15.1. The summed E-state index contributed by atoms with van der Waals surface area (Å²) in [6.07, 6.45) is 1.25. The lowest BCUT2D eigenvalue weighted by atomic mass is 9.87. The van der Waals surface area contributed by atoms with Crippen LogP contribution in [0.5, 0.6) is 0 Å². The van der Waals surface area contributed by atoms with Gasteiger partial charge in [-0.15, -0.1) is 0 Å². The van der Waals surface area contributed by atoms with Crippen LogP contribution in [0.1, 0.15) is 29.3 Å². The van der Waals surface area contributed by atoms with E-state index in [0.29, 0.717) is 44.4 Å². The average molecular weight is 442 g/mol. The van der Waals surface area contributed by atoms with Crippen molar-refractivity contribution < 1.29 is 19.0 Å². The molecule has 3 aromatic rings. The van der Waals surface area contributed by atoms with E-state index in [9.17, 15) is 9.50 Å². The number of nitrogens with zero attached hydrogens (tertiary/aromatic N) is 5. The Morgan fingerprint density at radius 1 is 1.16 bits per heavy atom. The molecule has 0 saturated carbocycles. The second-order valence-corrected chi connectivity index (χ2v) is 8.56. The molecule has 170 valence electrons. The second kappa shape index (κ2) is 8.73. The Morgan fingerprint density at radius 3 is 2.81 bits per heavy atom. The largest absolute Gasteiger partial charge is 0.394 e. The van der Waals surface area contributed by atoms with Gasteiger partial charge in [-0.3, -0.25) is 0 Å². The van der Waals surface area contributed by atoms with Gasteiger partial charge in [0.25, 0.3) is 0 Å². The highest BCUT2D eigenvalue weighted by atomic mass is 19.1. The molecule has 2 unspecified atom stereocenters. The van der Waals surface area contributed by atoms with Crippen molar-refractivity contribution >= 4 is 16.7 Å². The summed E-state index contributed by atoms with van der Waals surface area (Å²) in [4.78, 5) is 11.3. The Hall–Kier alpha value is -2.62. The molecule has 0 amide bonds. The lowest BCUT2D eigenvalue weighted by Crippen LogP contribution is -2.44. The Morgan fingerprint density at radius 2 is 2.00 bits per heavy atom. The normalized spacial score (nSPS) is 24.2. The number of hydrogen-bond acceptors (Lipinski definition) is 7. The third kappa shape index (κ3) is 3.96. The molecular weight excluding hydrogens is 413 g/mol. The van der Waals surface area contributed by atoms with Crippen LogP contribution in [-0.2, 0) is 9.47 Å². The van der Waals surface area contributed by atoms with Crippen molar-refractivity contribution in [2.45, 2.75) is 38.5 Å². The maximum atomic E-state index is 14.6. The van der Waals surface area contributed by atoms with Gasteiger partial charge in [0, 0.05) is 37.1 Å². The number of fused-ring (bicyclic) bond motifs is 1. The molecule has 32 heavy (non-hydrogen) atoms. The second-order valence-electron chi connectivity index (χ2n) is 8.56. The van der Waals surface area contributed by atoms with E-state index in [-0.39, 0.29) is 25.2 Å². The third-order valence-electron chi connectivity index (χ3n) is 6.34. The van der Waals surface area contributed by atoms with Crippen molar-refractivity contribution in [3.8, 4) is 5.82 Å². The molecule has 3 atom stereocenters. The smallest absolute Gasteiger partial charge is 0.159 e. The molecule has 8 nitrogen and oxygen atoms in total. The Kier molecular flexibility index (Phi) is 5.79. The van der Waals surface area contributed by atoms with Crippen LogP contribution < -0.4 is 4.90 Å². The first-order valence-corrected chi connectivity index (χ1v) is 11.1. The fraction of sp³-hybridized carbons (Fsp3) is 0.522. The van der Waals surface area contributed by atoms with Crippen molar-refractivity contribution in [3.05, 3.63) is 41.3 Å². The van der Waals surface area contributed by atoms with E-state index in [1.54, 1.807) is 4.68 Å². The van der Waals surface area contributed by atoms with E-state index in [0.717, 1.165) is 27.8 Å². The number of benzene rings is 1. The van der Waals surface area contributed by atoms with Crippen LogP contribution in [0.2, 0.25) is 0 Å². The number of morpholine rings is 1. The lowest BCUT2D eigenvalue weighted by molar-refractivity contribution is 0.00335. The first-order valence-electron chi connectivity index (χ1n) is 11.1. The first kappa shape index (κ1) is 21.2. The maximum Gasteiger partial charge on any atom is 0.159 e. The van der Waals surface area contributed by atoms with Crippen molar-refractivity contribution in [2.24, 2.45) is 0 Å². The summed E-state index contributed by atoms with van der Waals surface area (Å²) < 4.78 is 27.3. The van der Waals surface area contributed by atoms with Crippen LogP contribution in [0.4, 0.5) is 10.2 Å². The monoisotopic (exact) mass is 441 g/mol. The van der Waals surface area contributed by atoms with Gasteiger partial charge >= 0.3 is 0 Å². The van der Waals surface area contributed by atoms with Crippen molar-refractivity contribution in [3.63, 3.8) is 0 Å². The van der Waals surface area contributed by atoms with Crippen LogP contribution >= 0.6 is 0 Å². The van der Waals surface area contributed by atoms with Gasteiger partial charge in [-0.25, -0.2) is 19.0 Å². The van der Waals surface area contributed by atoms with Crippen molar-refractivity contribution in [2.75, 3.05) is 44.4 Å². The van der Waals surface area contributed by atoms with Gasteiger partial charge in [0.05, 0.1) is 37.6 Å². The summed E-state index contributed by atoms with van der Waals surface area (Å²) in [5.74, 6) is 1.89. The molecule has 5 rings (SSSR count). The van der Waals surface area contributed by atoms with Crippen LogP contribution in [0, 0.1) is 13.8 Å². The highest BCUT2D eigenvalue weighted by Crippen LogP contribution is 2.34. The summed E-state index contributed by atoms with van der Waals surface area (Å²) in [6, 6.07) is 6.03. The summed E-state index contributed by atoms with van der Waals surface area (Å²) in [6.45, 7) is 6.36. The average Bonchev–Trinajstić information content (AvgIpc) is 3.21. The molecule has 2 fully saturated rings. The molecule has 2 aliphatic heterocycles. The fourth-order valence-electron chi connectivity index (χ4n) is 4.68. The van der Waals surface area contributed by atoms with Crippen LogP contribution in [0.3, 0.4) is 0 Å². The van der Waals surface area contributed by atoms with Crippen LogP contribution in [-0.4, -0.2) is 76.6 Å². The fourth-order valence-corrected chi connectivity index (χ4v) is 4.68.